The number of nitrogens with zero attached hydrogens (tertiary/aromatic N) is 1. The van der Waals surface area contributed by atoms with Gasteiger partial charge in [0.1, 0.15) is 5.75 Å². The lowest BCUT2D eigenvalue weighted by Gasteiger charge is -2.54. The fourth-order valence-corrected chi connectivity index (χ4v) is 9.29. The number of carbonyl (C=O) groups is 1. The minimum Gasteiger partial charge on any atom is -0.482 e. The van der Waals surface area contributed by atoms with Gasteiger partial charge >= 0.3 is 5.97 Å². The third kappa shape index (κ3) is 7.18. The summed E-state index contributed by atoms with van der Waals surface area (Å²) in [6.45, 7) is 13.0. The Morgan fingerprint density at radius 1 is 1.00 bits per heavy atom. The molecule has 7 nitrogen and oxygen atoms in total. The van der Waals surface area contributed by atoms with Gasteiger partial charge in [0.15, 0.2) is 6.61 Å². The van der Waals surface area contributed by atoms with Crippen LogP contribution in [0.1, 0.15) is 74.3 Å². The zero-order valence-corrected chi connectivity index (χ0v) is 29.7. The zero-order valence-electron chi connectivity index (χ0n) is 28.9. The second kappa shape index (κ2) is 14.1. The zero-order chi connectivity index (χ0) is 34.9. The monoisotopic (exact) mass is 681 g/mol. The molecule has 0 radical (unpaired) electrons. The molecule has 0 unspecified atom stereocenters. The Morgan fingerprint density at radius 2 is 1.67 bits per heavy atom. The molecule has 8 heteroatoms. The van der Waals surface area contributed by atoms with E-state index in [1.54, 1.807) is 16.4 Å². The van der Waals surface area contributed by atoms with Crippen LogP contribution in [0.15, 0.2) is 102 Å². The van der Waals surface area contributed by atoms with Gasteiger partial charge < -0.3 is 14.6 Å². The molecule has 2 aliphatic rings. The molecule has 1 N–H and O–H groups in total. The Hall–Kier alpha value is -3.98. The highest BCUT2D eigenvalue weighted by Gasteiger charge is 2.52. The van der Waals surface area contributed by atoms with Crippen molar-refractivity contribution in [1.82, 2.24) is 4.31 Å². The average molecular weight is 682 g/mol. The maximum atomic E-state index is 14.0. The summed E-state index contributed by atoms with van der Waals surface area (Å²) < 4.78 is 42.8. The molecule has 2 heterocycles. The quantitative estimate of drug-likeness (QED) is 0.169. The topological polar surface area (TPSA) is 93.1 Å². The molecule has 1 spiro atoms. The number of piperidine rings is 1. The molecule has 4 aromatic rings. The van der Waals surface area contributed by atoms with Gasteiger partial charge in [0.2, 0.25) is 10.0 Å². The molecule has 2 aliphatic heterocycles. The summed E-state index contributed by atoms with van der Waals surface area (Å²) >= 11 is 0. The number of carboxylic acid groups (broad SMARTS) is 1. The molecule has 4 aromatic carbocycles. The Morgan fingerprint density at radius 3 is 2.33 bits per heavy atom. The normalized spacial score (nSPS) is 21.2. The predicted octanol–water partition coefficient (Wildman–Crippen LogP) is 8.47. The highest BCUT2D eigenvalue weighted by Crippen LogP contribution is 2.55. The molecule has 49 heavy (non-hydrogen) atoms. The highest BCUT2D eigenvalue weighted by molar-refractivity contribution is 7.89. The van der Waals surface area contributed by atoms with Crippen LogP contribution in [0.4, 0.5) is 0 Å². The lowest BCUT2D eigenvalue weighted by atomic mass is 9.63. The van der Waals surface area contributed by atoms with Crippen molar-refractivity contribution in [2.24, 2.45) is 11.3 Å². The van der Waals surface area contributed by atoms with Crippen LogP contribution in [0.5, 0.6) is 5.75 Å². The van der Waals surface area contributed by atoms with Gasteiger partial charge in [-0.2, -0.15) is 4.31 Å². The van der Waals surface area contributed by atoms with Gasteiger partial charge in [-0.25, -0.2) is 13.2 Å². The average Bonchev–Trinajstić information content (AvgIpc) is 3.08. The number of fused-ring (bicyclic) bond motifs is 1. The second-order valence-corrected chi connectivity index (χ2v) is 16.2. The summed E-state index contributed by atoms with van der Waals surface area (Å²) in [7, 11) is -3.69. The van der Waals surface area contributed by atoms with Crippen molar-refractivity contribution < 1.29 is 27.8 Å². The number of sulfonamides is 1. The van der Waals surface area contributed by atoms with Crippen molar-refractivity contribution in [3.8, 4) is 5.75 Å². The van der Waals surface area contributed by atoms with Crippen molar-refractivity contribution >= 4 is 26.8 Å². The molecule has 0 amide bonds. The van der Waals surface area contributed by atoms with E-state index >= 15 is 0 Å². The van der Waals surface area contributed by atoms with Crippen molar-refractivity contribution in [3.05, 3.63) is 119 Å². The van der Waals surface area contributed by atoms with Crippen LogP contribution < -0.4 is 4.74 Å². The van der Waals surface area contributed by atoms with Crippen LogP contribution in [0.2, 0.25) is 0 Å². The lowest BCUT2D eigenvalue weighted by molar-refractivity contribution is -0.166. The van der Waals surface area contributed by atoms with E-state index in [0.29, 0.717) is 43.0 Å². The molecule has 2 saturated heterocycles. The minimum absolute atomic E-state index is 0.0774. The second-order valence-electron chi connectivity index (χ2n) is 14.3. The van der Waals surface area contributed by atoms with Crippen LogP contribution in [0, 0.1) is 18.3 Å². The smallest absolute Gasteiger partial charge is 0.341 e. The lowest BCUT2D eigenvalue weighted by Crippen LogP contribution is -2.53. The summed E-state index contributed by atoms with van der Waals surface area (Å²) in [5.41, 5.74) is 4.77. The number of ether oxygens (including phenoxy) is 2. The molecule has 3 atom stereocenters. The Bertz CT molecular complexity index is 1950. The Balaban J connectivity index is 1.35. The summed E-state index contributed by atoms with van der Waals surface area (Å²) in [6, 6.07) is 27.6. The molecule has 6 rings (SSSR count). The van der Waals surface area contributed by atoms with Crippen LogP contribution in [0.25, 0.3) is 10.8 Å². The number of hydrogen-bond donors (Lipinski definition) is 1. The number of benzene rings is 4. The first kappa shape index (κ1) is 34.9. The number of rotatable bonds is 10. The minimum atomic E-state index is -3.69. The van der Waals surface area contributed by atoms with E-state index in [1.807, 2.05) is 68.4 Å². The van der Waals surface area contributed by atoms with Gasteiger partial charge in [-0.1, -0.05) is 92.7 Å². The SMILES string of the molecule is C=C(C)[C@@H]1CC2(CCN(S(=O)(=O)c3ccc4ccccc4c3)CC2)[C@@H](Cc2ccccc2)O[C@H]1c1c(C)cc(C(C)C)cc1OCC(=O)O. The molecule has 2 fully saturated rings. The number of carboxylic acids is 1. The highest BCUT2D eigenvalue weighted by atomic mass is 32.2. The first-order chi connectivity index (χ1) is 23.4. The van der Waals surface area contributed by atoms with Gasteiger partial charge in [0, 0.05) is 30.0 Å². The first-order valence-electron chi connectivity index (χ1n) is 17.2. The summed E-state index contributed by atoms with van der Waals surface area (Å²) in [5, 5.41) is 11.4. The number of aryl methyl sites for hydroxylation is 1. The molecular formula is C41H47NO6S. The van der Waals surface area contributed by atoms with Crippen LogP contribution in [-0.2, 0) is 26.0 Å². The van der Waals surface area contributed by atoms with Crippen molar-refractivity contribution in [3.63, 3.8) is 0 Å². The van der Waals surface area contributed by atoms with Gasteiger partial charge in [-0.05, 0) is 91.1 Å². The molecular weight excluding hydrogens is 635 g/mol. The van der Waals surface area contributed by atoms with E-state index in [0.717, 1.165) is 45.0 Å². The van der Waals surface area contributed by atoms with Crippen LogP contribution >= 0.6 is 0 Å². The van der Waals surface area contributed by atoms with Crippen molar-refractivity contribution in [2.45, 2.75) is 76.4 Å². The molecule has 258 valence electrons. The van der Waals surface area contributed by atoms with Crippen LogP contribution in [0.3, 0.4) is 0 Å². The van der Waals surface area contributed by atoms with Crippen LogP contribution in [-0.4, -0.2) is 49.6 Å². The standard InChI is InChI=1S/C41H47NO6S/c1-27(2)33-21-29(5)39(36(24-33)47-26-38(43)44)40-35(28(3)4)25-41(37(48-40)22-30-11-7-6-8-12-30)17-19-42(20-18-41)49(45,46)34-16-15-31-13-9-10-14-32(31)23-34/h6-16,21,23-24,27,35,37,40H,3,17-20,22,25-26H2,1-2,4-5H3,(H,43,44)/t35-,37+,40+/m0/s1. The van der Waals surface area contributed by atoms with E-state index in [1.165, 1.54) is 0 Å². The van der Waals surface area contributed by atoms with E-state index < -0.39 is 28.7 Å². The van der Waals surface area contributed by atoms with Gasteiger partial charge in [0.25, 0.3) is 0 Å². The summed E-state index contributed by atoms with van der Waals surface area (Å²) in [6.07, 6.45) is 2.14. The summed E-state index contributed by atoms with van der Waals surface area (Å²) in [5.74, 6) is -0.348. The van der Waals surface area contributed by atoms with Crippen molar-refractivity contribution in [1.29, 1.82) is 0 Å². The molecule has 0 bridgehead atoms. The summed E-state index contributed by atoms with van der Waals surface area (Å²) in [4.78, 5) is 11.9. The van der Waals surface area contributed by atoms with E-state index in [-0.39, 0.29) is 23.4 Å². The largest absolute Gasteiger partial charge is 0.482 e. The number of aliphatic carboxylic acids is 1. The van der Waals surface area contributed by atoms with E-state index in [2.05, 4.69) is 38.6 Å². The van der Waals surface area contributed by atoms with Crippen molar-refractivity contribution in [2.75, 3.05) is 19.7 Å². The molecule has 0 saturated carbocycles. The fourth-order valence-electron chi connectivity index (χ4n) is 7.81. The molecule has 0 aliphatic carbocycles. The van der Waals surface area contributed by atoms with Gasteiger partial charge in [0.05, 0.1) is 17.1 Å². The maximum absolute atomic E-state index is 14.0. The third-order valence-corrected chi connectivity index (χ3v) is 12.5. The first-order valence-corrected chi connectivity index (χ1v) is 18.6. The number of hydrogen-bond acceptors (Lipinski definition) is 5. The van der Waals surface area contributed by atoms with Gasteiger partial charge in [-0.3, -0.25) is 0 Å². The predicted molar refractivity (Wildman–Crippen MR) is 193 cm³/mol. The van der Waals surface area contributed by atoms with E-state index in [9.17, 15) is 18.3 Å². The van der Waals surface area contributed by atoms with Gasteiger partial charge in [-0.15, -0.1) is 0 Å². The Labute approximate surface area is 290 Å². The van der Waals surface area contributed by atoms with E-state index in [4.69, 9.17) is 9.47 Å². The molecule has 0 aromatic heterocycles. The fraction of sp³-hybridized carbons (Fsp3) is 0.390. The Kier molecular flexibility index (Phi) is 10.0. The third-order valence-electron chi connectivity index (χ3n) is 10.6. The maximum Gasteiger partial charge on any atom is 0.341 e.